The molecule has 0 spiro atoms. The van der Waals surface area contributed by atoms with Gasteiger partial charge in [-0.1, -0.05) is 273 Å². The molecule has 0 aliphatic heterocycles. The molecule has 0 amide bonds. The average Bonchev–Trinajstić information content (AvgIpc) is 3.00. The topological polar surface area (TPSA) is 26.3 Å². The minimum Gasteiger partial charge on any atom is -0.402 e. The van der Waals surface area contributed by atoms with Gasteiger partial charge in [0.1, 0.15) is 0 Å². The van der Waals surface area contributed by atoms with Gasteiger partial charge in [-0.2, -0.15) is 0 Å². The van der Waals surface area contributed by atoms with Gasteiger partial charge in [-0.3, -0.25) is 4.79 Å². The highest BCUT2D eigenvalue weighted by Gasteiger charge is 2.44. The number of fused-ring (bicyclic) bond motifs is 6. The van der Waals surface area contributed by atoms with Gasteiger partial charge < -0.3 is 4.18 Å². The van der Waals surface area contributed by atoms with E-state index >= 15 is 4.79 Å². The van der Waals surface area contributed by atoms with Gasteiger partial charge in [-0.25, -0.2) is 0 Å². The molecule has 392 valence electrons. The third-order valence-corrected chi connectivity index (χ3v) is 20.0. The fraction of sp³-hybridized carbons (Fsp3) is 0.0125. The molecule has 0 saturated heterocycles. The molecule has 15 aromatic carbocycles. The van der Waals surface area contributed by atoms with E-state index in [-0.39, 0.29) is 5.97 Å². The summed E-state index contributed by atoms with van der Waals surface area (Å²) in [6.07, 6.45) is 0. The van der Waals surface area contributed by atoms with Gasteiger partial charge in [0.2, 0.25) is 0 Å². The molecular weight excluding hydrogens is 1020 g/mol. The largest absolute Gasteiger partial charge is 0.402 e. The molecule has 0 aliphatic carbocycles. The molecule has 0 aromatic heterocycles. The smallest absolute Gasteiger partial charge is 0.313 e. The Hall–Kier alpha value is -10.3. The van der Waals surface area contributed by atoms with Crippen LogP contribution < -0.4 is 0 Å². The highest BCUT2D eigenvalue weighted by Crippen LogP contribution is 2.77. The Morgan fingerprint density at radius 3 is 0.759 bits per heavy atom. The highest BCUT2D eigenvalue weighted by molar-refractivity contribution is 8.30. The molecule has 0 saturated carbocycles. The molecular formula is C80H54O2S. The zero-order valence-corrected chi connectivity index (χ0v) is 46.5. The first kappa shape index (κ1) is 49.7. The zero-order chi connectivity index (χ0) is 55.4. The first-order valence-corrected chi connectivity index (χ1v) is 29.9. The minimum absolute atomic E-state index is 0.388. The maximum absolute atomic E-state index is 15.5. The van der Waals surface area contributed by atoms with Gasteiger partial charge in [-0.15, -0.1) is 0 Å². The van der Waals surface area contributed by atoms with Crippen LogP contribution in [0.15, 0.2) is 324 Å². The van der Waals surface area contributed by atoms with Gasteiger partial charge in [0, 0.05) is 21.6 Å². The summed E-state index contributed by atoms with van der Waals surface area (Å²) in [7, 11) is -3.35. The first-order valence-electron chi connectivity index (χ1n) is 28.3. The molecule has 0 radical (unpaired) electrons. The van der Waals surface area contributed by atoms with Crippen LogP contribution >= 0.6 is 10.3 Å². The SMILES string of the molecule is CC(=O)OS(c1ccccc1)(c1c(-c2cccc3ccccc23)cc(-c2cccc3ccccc23)cc1-c1cccc2ccccc12)c1c(-c2cccc3ccccc23)cc(-c2cccc3ccccc23)cc1-c1cccc2ccccc12. The Labute approximate surface area is 484 Å². The average molecular weight is 1080 g/mol. The number of carbonyl (C=O) groups excluding carboxylic acids is 1. The number of hydrogen-bond acceptors (Lipinski definition) is 2. The monoisotopic (exact) mass is 1080 g/mol. The molecule has 0 unspecified atom stereocenters. The maximum Gasteiger partial charge on any atom is 0.313 e. The molecule has 15 aromatic rings. The molecule has 0 N–H and O–H groups in total. The van der Waals surface area contributed by atoms with E-state index < -0.39 is 10.3 Å². The predicted octanol–water partition coefficient (Wildman–Crippen LogP) is 22.4. The van der Waals surface area contributed by atoms with Crippen molar-refractivity contribution < 1.29 is 8.98 Å². The Morgan fingerprint density at radius 2 is 0.482 bits per heavy atom. The molecule has 0 fully saturated rings. The van der Waals surface area contributed by atoms with E-state index in [0.717, 1.165) is 146 Å². The molecule has 0 bridgehead atoms. The van der Waals surface area contributed by atoms with Crippen LogP contribution in [0.5, 0.6) is 0 Å². The van der Waals surface area contributed by atoms with E-state index in [1.807, 2.05) is 0 Å². The van der Waals surface area contributed by atoms with Crippen molar-refractivity contribution in [2.75, 3.05) is 0 Å². The minimum atomic E-state index is -3.35. The maximum atomic E-state index is 15.5. The molecule has 15 rings (SSSR count). The lowest BCUT2D eigenvalue weighted by molar-refractivity contribution is -0.131. The molecule has 3 heteroatoms. The Bertz CT molecular complexity index is 4540. The molecule has 0 heterocycles. The van der Waals surface area contributed by atoms with E-state index in [1.54, 1.807) is 6.92 Å². The number of rotatable bonds is 10. The lowest BCUT2D eigenvalue weighted by Gasteiger charge is -2.45. The summed E-state index contributed by atoms with van der Waals surface area (Å²) in [5, 5.41) is 13.4. The van der Waals surface area contributed by atoms with Crippen molar-refractivity contribution in [3.8, 4) is 66.8 Å². The quantitative estimate of drug-likeness (QED) is 0.136. The van der Waals surface area contributed by atoms with E-state index in [4.69, 9.17) is 4.18 Å². The number of carbonyl (C=O) groups is 1. The van der Waals surface area contributed by atoms with Crippen molar-refractivity contribution in [1.29, 1.82) is 0 Å². The van der Waals surface area contributed by atoms with Crippen molar-refractivity contribution >= 4 is 80.9 Å². The van der Waals surface area contributed by atoms with Gasteiger partial charge >= 0.3 is 5.97 Å². The van der Waals surface area contributed by atoms with Crippen molar-refractivity contribution in [1.82, 2.24) is 0 Å². The van der Waals surface area contributed by atoms with Crippen LogP contribution in [-0.4, -0.2) is 5.97 Å². The van der Waals surface area contributed by atoms with Crippen LogP contribution in [0.1, 0.15) is 6.92 Å². The van der Waals surface area contributed by atoms with Crippen molar-refractivity contribution in [2.45, 2.75) is 21.6 Å². The zero-order valence-electron chi connectivity index (χ0n) is 45.7. The molecule has 83 heavy (non-hydrogen) atoms. The lowest BCUT2D eigenvalue weighted by atomic mass is 9.88. The van der Waals surface area contributed by atoms with Gasteiger partial charge in [0.25, 0.3) is 0 Å². The first-order chi connectivity index (χ1) is 41.0. The number of hydrogen-bond donors (Lipinski definition) is 0. The summed E-state index contributed by atoms with van der Waals surface area (Å²) in [6, 6.07) is 112. The van der Waals surface area contributed by atoms with Gasteiger partial charge in [-0.05, 0) is 178 Å². The normalized spacial score (nSPS) is 11.9. The fourth-order valence-corrected chi connectivity index (χ4v) is 16.8. The molecule has 2 nitrogen and oxygen atoms in total. The van der Waals surface area contributed by atoms with E-state index in [0.29, 0.717) is 0 Å². The molecule has 0 atom stereocenters. The Morgan fingerprint density at radius 1 is 0.253 bits per heavy atom. The molecule has 0 aliphatic rings. The van der Waals surface area contributed by atoms with Crippen LogP contribution in [0.3, 0.4) is 0 Å². The summed E-state index contributed by atoms with van der Waals surface area (Å²) >= 11 is 0. The van der Waals surface area contributed by atoms with Crippen LogP contribution in [0, 0.1) is 0 Å². The summed E-state index contributed by atoms with van der Waals surface area (Å²) in [5.41, 5.74) is 12.4. The second kappa shape index (κ2) is 20.7. The fourth-order valence-electron chi connectivity index (χ4n) is 13.0. The van der Waals surface area contributed by atoms with Crippen molar-refractivity contribution in [3.63, 3.8) is 0 Å². The summed E-state index contributed by atoms with van der Waals surface area (Å²) in [5.74, 6) is -0.388. The predicted molar refractivity (Wildman–Crippen MR) is 351 cm³/mol. The summed E-state index contributed by atoms with van der Waals surface area (Å²) in [4.78, 5) is 18.2. The highest BCUT2D eigenvalue weighted by atomic mass is 32.3. The second-order valence-electron chi connectivity index (χ2n) is 21.4. The summed E-state index contributed by atoms with van der Waals surface area (Å²) in [6.45, 7) is 1.60. The third kappa shape index (κ3) is 8.47. The lowest BCUT2D eigenvalue weighted by Crippen LogP contribution is -2.16. The van der Waals surface area contributed by atoms with E-state index in [9.17, 15) is 0 Å². The standard InChI is InChI=1S/C80H54O2S/c1-53(81)82-83(62-35-3-2-4-36-62,79-75(71-45-19-31-56-25-7-13-39-65(56)71)49-60(69-43-17-29-54-23-5-11-37-63(54)69)50-76(79)72-46-20-32-57-26-8-14-40-66(57)72)80-77(73-47-21-33-58-27-9-15-41-67(58)73)51-61(70-44-18-30-55-24-6-12-38-64(55)70)52-78(80)74-48-22-34-59-28-10-16-42-68(59)74/h2-52H,1H3. The number of benzene rings is 15. The van der Waals surface area contributed by atoms with Gasteiger partial charge in [0.05, 0.1) is 0 Å². The van der Waals surface area contributed by atoms with Gasteiger partial charge in [0.15, 0.2) is 0 Å². The van der Waals surface area contributed by atoms with Crippen LogP contribution in [0.4, 0.5) is 0 Å². The Balaban J connectivity index is 1.24. The third-order valence-electron chi connectivity index (χ3n) is 16.6. The van der Waals surface area contributed by atoms with Crippen molar-refractivity contribution in [3.05, 3.63) is 309 Å². The Kier molecular flexibility index (Phi) is 12.4. The second-order valence-corrected chi connectivity index (χ2v) is 24.0. The summed E-state index contributed by atoms with van der Waals surface area (Å²) < 4.78 is 7.97. The van der Waals surface area contributed by atoms with Crippen LogP contribution in [0.25, 0.3) is 131 Å². The van der Waals surface area contributed by atoms with E-state index in [1.165, 1.54) is 0 Å². The van der Waals surface area contributed by atoms with Crippen LogP contribution in [-0.2, 0) is 8.98 Å². The van der Waals surface area contributed by atoms with E-state index in [2.05, 4.69) is 309 Å². The van der Waals surface area contributed by atoms with Crippen LogP contribution in [0.2, 0.25) is 0 Å². The van der Waals surface area contributed by atoms with Crippen molar-refractivity contribution in [2.24, 2.45) is 0 Å².